The van der Waals surface area contributed by atoms with Gasteiger partial charge in [-0.15, -0.1) is 0 Å². The summed E-state index contributed by atoms with van der Waals surface area (Å²) in [5, 5.41) is 3.10. The second kappa shape index (κ2) is 11.5. The molecule has 0 aliphatic heterocycles. The van der Waals surface area contributed by atoms with Crippen molar-refractivity contribution >= 4 is 27.7 Å². The predicted molar refractivity (Wildman–Crippen MR) is 141 cm³/mol. The molecule has 0 spiro atoms. The van der Waals surface area contributed by atoms with Crippen molar-refractivity contribution in [2.75, 3.05) is 0 Å². The van der Waals surface area contributed by atoms with Gasteiger partial charge in [0, 0.05) is 23.0 Å². The molecular formula is C29H33BrN2O2. The Morgan fingerprint density at radius 1 is 0.853 bits per heavy atom. The van der Waals surface area contributed by atoms with E-state index in [1.54, 1.807) is 4.90 Å². The van der Waals surface area contributed by atoms with Crippen LogP contribution in [0.2, 0.25) is 0 Å². The highest BCUT2D eigenvalue weighted by Gasteiger charge is 2.32. The molecule has 3 aromatic carbocycles. The van der Waals surface area contributed by atoms with Crippen molar-refractivity contribution in [3.05, 3.63) is 106 Å². The summed E-state index contributed by atoms with van der Waals surface area (Å²) in [5.74, 6) is -0.220. The van der Waals surface area contributed by atoms with Crippen LogP contribution < -0.4 is 5.32 Å². The van der Waals surface area contributed by atoms with Crippen molar-refractivity contribution in [3.8, 4) is 0 Å². The normalized spacial score (nSPS) is 12.1. The Kier molecular flexibility index (Phi) is 8.67. The summed E-state index contributed by atoms with van der Waals surface area (Å²) >= 11 is 3.48. The second-order valence-corrected chi connectivity index (χ2v) is 10.7. The highest BCUT2D eigenvalue weighted by atomic mass is 79.9. The number of benzene rings is 3. The van der Waals surface area contributed by atoms with Crippen molar-refractivity contribution in [2.45, 2.75) is 58.7 Å². The van der Waals surface area contributed by atoms with E-state index in [1.807, 2.05) is 107 Å². The Morgan fingerprint density at radius 2 is 1.44 bits per heavy atom. The molecule has 34 heavy (non-hydrogen) atoms. The maximum atomic E-state index is 13.7. The fourth-order valence-corrected chi connectivity index (χ4v) is 4.04. The van der Waals surface area contributed by atoms with Crippen LogP contribution in [0.25, 0.3) is 0 Å². The number of halogens is 1. The van der Waals surface area contributed by atoms with Crippen LogP contribution in [0, 0.1) is 6.92 Å². The van der Waals surface area contributed by atoms with E-state index in [2.05, 4.69) is 21.2 Å². The maximum absolute atomic E-state index is 13.7. The molecule has 0 saturated heterocycles. The van der Waals surface area contributed by atoms with Gasteiger partial charge in [-0.2, -0.15) is 0 Å². The molecule has 0 aliphatic carbocycles. The minimum Gasteiger partial charge on any atom is -0.350 e. The third-order valence-corrected chi connectivity index (χ3v) is 6.04. The van der Waals surface area contributed by atoms with E-state index in [0.717, 1.165) is 26.7 Å². The lowest BCUT2D eigenvalue weighted by molar-refractivity contribution is -0.141. The van der Waals surface area contributed by atoms with Crippen LogP contribution in [0.5, 0.6) is 0 Å². The van der Waals surface area contributed by atoms with Gasteiger partial charge in [0.25, 0.3) is 0 Å². The number of amides is 2. The zero-order valence-corrected chi connectivity index (χ0v) is 21.9. The van der Waals surface area contributed by atoms with Crippen LogP contribution in [0.1, 0.15) is 43.0 Å². The number of rotatable bonds is 8. The first-order chi connectivity index (χ1) is 16.1. The predicted octanol–water partition coefficient (Wildman–Crippen LogP) is 5.85. The third-order valence-electron chi connectivity index (χ3n) is 5.51. The van der Waals surface area contributed by atoms with Crippen LogP contribution in [0.15, 0.2) is 83.3 Å². The number of nitrogens with zero attached hydrogens (tertiary/aromatic N) is 1. The van der Waals surface area contributed by atoms with Gasteiger partial charge in [-0.3, -0.25) is 9.59 Å². The van der Waals surface area contributed by atoms with Gasteiger partial charge in [-0.1, -0.05) is 88.2 Å². The first-order valence-electron chi connectivity index (χ1n) is 11.6. The van der Waals surface area contributed by atoms with Crippen molar-refractivity contribution in [2.24, 2.45) is 0 Å². The topological polar surface area (TPSA) is 49.4 Å². The molecule has 0 bridgehead atoms. The molecule has 0 aromatic heterocycles. The fourth-order valence-electron chi connectivity index (χ4n) is 3.78. The van der Waals surface area contributed by atoms with Gasteiger partial charge in [0.05, 0.1) is 6.42 Å². The summed E-state index contributed by atoms with van der Waals surface area (Å²) in [5.41, 5.74) is 3.66. The fraction of sp³-hybridized carbons (Fsp3) is 0.310. The largest absolute Gasteiger partial charge is 0.350 e. The van der Waals surface area contributed by atoms with E-state index in [4.69, 9.17) is 0 Å². The molecule has 0 saturated carbocycles. The Bertz CT molecular complexity index is 1090. The van der Waals surface area contributed by atoms with Gasteiger partial charge >= 0.3 is 0 Å². The third kappa shape index (κ3) is 7.84. The minimum atomic E-state index is -0.636. The van der Waals surface area contributed by atoms with Gasteiger partial charge in [0.1, 0.15) is 6.04 Å². The van der Waals surface area contributed by atoms with E-state index in [0.29, 0.717) is 13.0 Å². The van der Waals surface area contributed by atoms with E-state index in [-0.39, 0.29) is 18.2 Å². The SMILES string of the molecule is Cc1ccc(CC(=O)N(Cc2ccc(Br)cc2)[C@@H](Cc2ccccc2)C(=O)NC(C)(C)C)cc1. The highest BCUT2D eigenvalue weighted by molar-refractivity contribution is 9.10. The van der Waals surface area contributed by atoms with Crippen molar-refractivity contribution in [1.82, 2.24) is 10.2 Å². The standard InChI is InChI=1S/C29H33BrN2O2/c1-21-10-12-23(13-11-21)19-27(33)32(20-24-14-16-25(30)17-15-24)26(28(34)31-29(2,3)4)18-22-8-6-5-7-9-22/h5-17,26H,18-20H2,1-4H3,(H,31,34)/t26-/m0/s1. The molecule has 2 amide bonds. The van der Waals surface area contributed by atoms with E-state index in [1.165, 1.54) is 0 Å². The molecule has 5 heteroatoms. The molecular weight excluding hydrogens is 488 g/mol. The number of aryl methyl sites for hydroxylation is 1. The molecule has 178 valence electrons. The summed E-state index contributed by atoms with van der Waals surface area (Å²) in [6, 6.07) is 25.1. The van der Waals surface area contributed by atoms with Crippen LogP contribution in [0.3, 0.4) is 0 Å². The Balaban J connectivity index is 1.97. The van der Waals surface area contributed by atoms with Gasteiger partial charge in [0.2, 0.25) is 11.8 Å². The lowest BCUT2D eigenvalue weighted by atomic mass is 9.99. The molecule has 0 unspecified atom stereocenters. The average Bonchev–Trinajstić information content (AvgIpc) is 2.78. The second-order valence-electron chi connectivity index (χ2n) is 9.76. The van der Waals surface area contributed by atoms with Crippen LogP contribution in [0.4, 0.5) is 0 Å². The summed E-state index contributed by atoms with van der Waals surface area (Å²) in [7, 11) is 0. The van der Waals surface area contributed by atoms with E-state index in [9.17, 15) is 9.59 Å². The van der Waals surface area contributed by atoms with E-state index < -0.39 is 11.6 Å². The maximum Gasteiger partial charge on any atom is 0.243 e. The molecule has 0 radical (unpaired) electrons. The summed E-state index contributed by atoms with van der Waals surface area (Å²) in [4.78, 5) is 29.0. The van der Waals surface area contributed by atoms with Crippen molar-refractivity contribution in [1.29, 1.82) is 0 Å². The lowest BCUT2D eigenvalue weighted by Crippen LogP contribution is -2.54. The number of hydrogen-bond donors (Lipinski definition) is 1. The number of carbonyl (C=O) groups excluding carboxylic acids is 2. The van der Waals surface area contributed by atoms with Crippen LogP contribution >= 0.6 is 15.9 Å². The molecule has 1 atom stereocenters. The number of carbonyl (C=O) groups is 2. The quantitative estimate of drug-likeness (QED) is 0.404. The molecule has 3 rings (SSSR count). The zero-order valence-electron chi connectivity index (χ0n) is 20.3. The first-order valence-corrected chi connectivity index (χ1v) is 12.4. The van der Waals surface area contributed by atoms with Gasteiger partial charge in [-0.05, 0) is 56.5 Å². The summed E-state index contributed by atoms with van der Waals surface area (Å²) < 4.78 is 0.972. The smallest absolute Gasteiger partial charge is 0.243 e. The molecule has 3 aromatic rings. The Hall–Kier alpha value is -2.92. The minimum absolute atomic E-state index is 0.0724. The van der Waals surface area contributed by atoms with Gasteiger partial charge in [0.15, 0.2) is 0 Å². The van der Waals surface area contributed by atoms with Gasteiger partial charge < -0.3 is 10.2 Å². The lowest BCUT2D eigenvalue weighted by Gasteiger charge is -2.34. The van der Waals surface area contributed by atoms with Crippen molar-refractivity contribution in [3.63, 3.8) is 0 Å². The van der Waals surface area contributed by atoms with Gasteiger partial charge in [-0.25, -0.2) is 0 Å². The average molecular weight is 521 g/mol. The first kappa shape index (κ1) is 25.7. The zero-order chi connectivity index (χ0) is 24.7. The van der Waals surface area contributed by atoms with E-state index >= 15 is 0 Å². The summed E-state index contributed by atoms with van der Waals surface area (Å²) in [6.07, 6.45) is 0.684. The summed E-state index contributed by atoms with van der Waals surface area (Å²) in [6.45, 7) is 8.25. The van der Waals surface area contributed by atoms with Crippen molar-refractivity contribution < 1.29 is 9.59 Å². The van der Waals surface area contributed by atoms with Crippen LogP contribution in [-0.4, -0.2) is 28.3 Å². The number of nitrogens with one attached hydrogen (secondary N) is 1. The molecule has 4 nitrogen and oxygen atoms in total. The Labute approximate surface area is 211 Å². The monoisotopic (exact) mass is 520 g/mol. The Morgan fingerprint density at radius 3 is 2.03 bits per heavy atom. The highest BCUT2D eigenvalue weighted by Crippen LogP contribution is 2.19. The molecule has 1 N–H and O–H groups in total. The van der Waals surface area contributed by atoms with Crippen LogP contribution in [-0.2, 0) is 29.0 Å². The number of hydrogen-bond acceptors (Lipinski definition) is 2. The molecule has 0 heterocycles. The molecule has 0 aliphatic rings. The molecule has 0 fully saturated rings.